The standard InChI is InChI=1S/C11H19N3O4S/c1-7-10(9(3)18-12-7)6-14(4)11(15)8(2)13-19(5,16)17/h8,13H,6H2,1-5H3/t8-/m0/s1. The quantitative estimate of drug-likeness (QED) is 0.835. The summed E-state index contributed by atoms with van der Waals surface area (Å²) in [4.78, 5) is 13.5. The molecule has 108 valence electrons. The van der Waals surface area contributed by atoms with Crippen molar-refractivity contribution in [2.75, 3.05) is 13.3 Å². The summed E-state index contributed by atoms with van der Waals surface area (Å²) < 4.78 is 29.4. The molecule has 0 spiro atoms. The van der Waals surface area contributed by atoms with Gasteiger partial charge in [0.2, 0.25) is 15.9 Å². The summed E-state index contributed by atoms with van der Waals surface area (Å²) in [6.45, 7) is 5.40. The van der Waals surface area contributed by atoms with Crippen molar-refractivity contribution in [2.45, 2.75) is 33.4 Å². The van der Waals surface area contributed by atoms with Gasteiger partial charge < -0.3 is 9.42 Å². The van der Waals surface area contributed by atoms with E-state index in [9.17, 15) is 13.2 Å². The Kier molecular flexibility index (Phi) is 4.70. The molecule has 0 unspecified atom stereocenters. The minimum Gasteiger partial charge on any atom is -0.361 e. The predicted octanol–water partition coefficient (Wildman–Crippen LogP) is 0.188. The van der Waals surface area contributed by atoms with Crippen molar-refractivity contribution >= 4 is 15.9 Å². The highest BCUT2D eigenvalue weighted by Gasteiger charge is 2.22. The number of hydrogen-bond donors (Lipinski definition) is 1. The number of rotatable bonds is 5. The van der Waals surface area contributed by atoms with Crippen LogP contribution in [0, 0.1) is 13.8 Å². The van der Waals surface area contributed by atoms with E-state index in [0.717, 1.165) is 17.5 Å². The van der Waals surface area contributed by atoms with Gasteiger partial charge in [-0.1, -0.05) is 5.16 Å². The number of nitrogens with zero attached hydrogens (tertiary/aromatic N) is 2. The largest absolute Gasteiger partial charge is 0.361 e. The van der Waals surface area contributed by atoms with E-state index in [-0.39, 0.29) is 5.91 Å². The van der Waals surface area contributed by atoms with E-state index in [1.165, 1.54) is 11.8 Å². The van der Waals surface area contributed by atoms with Crippen LogP contribution in [-0.2, 0) is 21.4 Å². The van der Waals surface area contributed by atoms with Crippen LogP contribution in [-0.4, -0.2) is 43.7 Å². The number of amides is 1. The molecule has 1 heterocycles. The summed E-state index contributed by atoms with van der Waals surface area (Å²) in [7, 11) is -1.80. The SMILES string of the molecule is Cc1noc(C)c1CN(C)C(=O)[C@H](C)NS(C)(=O)=O. The molecule has 0 aliphatic rings. The van der Waals surface area contributed by atoms with Crippen LogP contribution >= 0.6 is 0 Å². The molecule has 1 N–H and O–H groups in total. The lowest BCUT2D eigenvalue weighted by Crippen LogP contribution is -2.44. The Morgan fingerprint density at radius 1 is 1.47 bits per heavy atom. The predicted molar refractivity (Wildman–Crippen MR) is 69.9 cm³/mol. The molecule has 0 bridgehead atoms. The normalized spacial score (nSPS) is 13.3. The zero-order chi connectivity index (χ0) is 14.8. The Balaban J connectivity index is 2.73. The van der Waals surface area contributed by atoms with Crippen LogP contribution in [0.1, 0.15) is 23.9 Å². The molecule has 8 heteroatoms. The average molecular weight is 289 g/mol. The van der Waals surface area contributed by atoms with Crippen LogP contribution in [0.2, 0.25) is 0 Å². The molecule has 0 fully saturated rings. The second kappa shape index (κ2) is 5.70. The van der Waals surface area contributed by atoms with Gasteiger partial charge in [0.05, 0.1) is 24.5 Å². The van der Waals surface area contributed by atoms with E-state index < -0.39 is 16.1 Å². The number of aryl methyl sites for hydroxylation is 2. The Labute approximate surface area is 113 Å². The maximum atomic E-state index is 12.0. The number of hydrogen-bond acceptors (Lipinski definition) is 5. The lowest BCUT2D eigenvalue weighted by atomic mass is 10.2. The van der Waals surface area contributed by atoms with Crippen molar-refractivity contribution in [1.29, 1.82) is 0 Å². The van der Waals surface area contributed by atoms with Crippen LogP contribution in [0.15, 0.2) is 4.52 Å². The van der Waals surface area contributed by atoms with E-state index >= 15 is 0 Å². The topological polar surface area (TPSA) is 92.5 Å². The van der Waals surface area contributed by atoms with Gasteiger partial charge in [0, 0.05) is 12.6 Å². The van der Waals surface area contributed by atoms with Crippen molar-refractivity contribution in [2.24, 2.45) is 0 Å². The number of likely N-dealkylation sites (N-methyl/N-ethyl adjacent to an activating group) is 1. The molecule has 1 atom stereocenters. The van der Waals surface area contributed by atoms with Crippen LogP contribution in [0.3, 0.4) is 0 Å². The molecule has 1 amide bonds. The van der Waals surface area contributed by atoms with Crippen LogP contribution in [0.5, 0.6) is 0 Å². The molecule has 0 aliphatic heterocycles. The Morgan fingerprint density at radius 2 is 2.05 bits per heavy atom. The van der Waals surface area contributed by atoms with Gasteiger partial charge in [0.1, 0.15) is 5.76 Å². The number of carbonyl (C=O) groups is 1. The Bertz CT molecular complexity index is 545. The highest BCUT2D eigenvalue weighted by molar-refractivity contribution is 7.88. The molecule has 0 saturated carbocycles. The van der Waals surface area contributed by atoms with Crippen LogP contribution in [0.25, 0.3) is 0 Å². The molecule has 19 heavy (non-hydrogen) atoms. The summed E-state index contributed by atoms with van der Waals surface area (Å²) >= 11 is 0. The van der Waals surface area contributed by atoms with E-state index in [4.69, 9.17) is 4.52 Å². The number of nitrogens with one attached hydrogen (secondary N) is 1. The molecule has 0 radical (unpaired) electrons. The zero-order valence-electron chi connectivity index (χ0n) is 11.7. The molecule has 0 aromatic carbocycles. The molecule has 1 rings (SSSR count). The molecule has 0 aliphatic carbocycles. The molecule has 1 aromatic rings. The van der Waals surface area contributed by atoms with Gasteiger partial charge in [-0.3, -0.25) is 4.79 Å². The first kappa shape index (κ1) is 15.6. The van der Waals surface area contributed by atoms with Crippen LogP contribution in [0.4, 0.5) is 0 Å². The van der Waals surface area contributed by atoms with Gasteiger partial charge in [0.15, 0.2) is 0 Å². The van der Waals surface area contributed by atoms with Gasteiger partial charge in [-0.25, -0.2) is 13.1 Å². The summed E-state index contributed by atoms with van der Waals surface area (Å²) in [5, 5.41) is 3.81. The molecular weight excluding hydrogens is 270 g/mol. The second-order valence-corrected chi connectivity index (χ2v) is 6.39. The molecular formula is C11H19N3O4S. The zero-order valence-corrected chi connectivity index (χ0v) is 12.5. The smallest absolute Gasteiger partial charge is 0.240 e. The van der Waals surface area contributed by atoms with Crippen LogP contribution < -0.4 is 4.72 Å². The first-order chi connectivity index (χ1) is 8.61. The fourth-order valence-electron chi connectivity index (χ4n) is 1.74. The maximum absolute atomic E-state index is 12.0. The van der Waals surface area contributed by atoms with Gasteiger partial charge in [-0.2, -0.15) is 0 Å². The summed E-state index contributed by atoms with van der Waals surface area (Å²) in [5.41, 5.74) is 1.56. The fraction of sp³-hybridized carbons (Fsp3) is 0.636. The highest BCUT2D eigenvalue weighted by atomic mass is 32.2. The van der Waals surface area contributed by atoms with Gasteiger partial charge in [-0.15, -0.1) is 0 Å². The summed E-state index contributed by atoms with van der Waals surface area (Å²) in [6, 6.07) is -0.805. The first-order valence-electron chi connectivity index (χ1n) is 5.76. The third-order valence-electron chi connectivity index (χ3n) is 2.71. The van der Waals surface area contributed by atoms with E-state index in [1.54, 1.807) is 20.9 Å². The van der Waals surface area contributed by atoms with Crippen molar-refractivity contribution in [3.8, 4) is 0 Å². The third kappa shape index (κ3) is 4.32. The average Bonchev–Trinajstić information content (AvgIpc) is 2.57. The van der Waals surface area contributed by atoms with Crippen molar-refractivity contribution < 1.29 is 17.7 Å². The van der Waals surface area contributed by atoms with E-state index in [2.05, 4.69) is 9.88 Å². The van der Waals surface area contributed by atoms with Crippen molar-refractivity contribution in [3.05, 3.63) is 17.0 Å². The van der Waals surface area contributed by atoms with Gasteiger partial charge in [0.25, 0.3) is 0 Å². The van der Waals surface area contributed by atoms with Gasteiger partial charge in [-0.05, 0) is 20.8 Å². The highest BCUT2D eigenvalue weighted by Crippen LogP contribution is 2.14. The van der Waals surface area contributed by atoms with Gasteiger partial charge >= 0.3 is 0 Å². The van der Waals surface area contributed by atoms with E-state index in [0.29, 0.717) is 12.3 Å². The number of carbonyl (C=O) groups excluding carboxylic acids is 1. The Hall–Kier alpha value is -1.41. The van der Waals surface area contributed by atoms with Crippen molar-refractivity contribution in [1.82, 2.24) is 14.8 Å². The lowest BCUT2D eigenvalue weighted by molar-refractivity contribution is -0.131. The number of aromatic nitrogens is 1. The molecule has 7 nitrogen and oxygen atoms in total. The fourth-order valence-corrected chi connectivity index (χ4v) is 2.49. The maximum Gasteiger partial charge on any atom is 0.240 e. The minimum absolute atomic E-state index is 0.314. The Morgan fingerprint density at radius 3 is 2.47 bits per heavy atom. The molecule has 0 saturated heterocycles. The minimum atomic E-state index is -3.41. The molecule has 1 aromatic heterocycles. The first-order valence-corrected chi connectivity index (χ1v) is 7.65. The third-order valence-corrected chi connectivity index (χ3v) is 3.50. The number of sulfonamides is 1. The second-order valence-electron chi connectivity index (χ2n) is 4.61. The lowest BCUT2D eigenvalue weighted by Gasteiger charge is -2.21. The van der Waals surface area contributed by atoms with Crippen molar-refractivity contribution in [3.63, 3.8) is 0 Å². The van der Waals surface area contributed by atoms with E-state index in [1.807, 2.05) is 0 Å². The summed E-state index contributed by atoms with van der Waals surface area (Å²) in [5.74, 6) is 0.339. The summed E-state index contributed by atoms with van der Waals surface area (Å²) in [6.07, 6.45) is 1.02. The monoisotopic (exact) mass is 289 g/mol.